The lowest BCUT2D eigenvalue weighted by Gasteiger charge is -2.10. The lowest BCUT2D eigenvalue weighted by atomic mass is 9.99. The molecular weight excluding hydrogens is 264 g/mol. The van der Waals surface area contributed by atoms with E-state index in [1.165, 1.54) is 5.56 Å². The van der Waals surface area contributed by atoms with Crippen LogP contribution in [0.15, 0.2) is 42.5 Å². The third-order valence-electron chi connectivity index (χ3n) is 3.45. The van der Waals surface area contributed by atoms with Gasteiger partial charge < -0.3 is 9.47 Å². The Hall–Kier alpha value is -2.13. The number of ether oxygens (including phenoxy) is 2. The Balaban J connectivity index is 1.88. The van der Waals surface area contributed by atoms with Gasteiger partial charge in [-0.3, -0.25) is 4.79 Å². The first-order valence-corrected chi connectivity index (χ1v) is 7.14. The number of ketones is 1. The van der Waals surface area contributed by atoms with E-state index in [-0.39, 0.29) is 11.9 Å². The van der Waals surface area contributed by atoms with Gasteiger partial charge in [0.2, 0.25) is 0 Å². The molecule has 3 rings (SSSR count). The first-order chi connectivity index (χ1) is 10.1. The summed E-state index contributed by atoms with van der Waals surface area (Å²) in [5.41, 5.74) is 3.62. The van der Waals surface area contributed by atoms with Crippen molar-refractivity contribution in [3.63, 3.8) is 0 Å². The second kappa shape index (κ2) is 5.70. The van der Waals surface area contributed by atoms with Crippen LogP contribution < -0.4 is 4.74 Å². The summed E-state index contributed by atoms with van der Waals surface area (Å²) in [5.74, 6) is 0.735. The van der Waals surface area contributed by atoms with Gasteiger partial charge >= 0.3 is 0 Å². The molecule has 1 aliphatic heterocycles. The number of hydrogen-bond donors (Lipinski definition) is 0. The summed E-state index contributed by atoms with van der Waals surface area (Å²) in [6.07, 6.45) is 0.0903. The van der Waals surface area contributed by atoms with Crippen molar-refractivity contribution in [3.8, 4) is 5.75 Å². The Labute approximate surface area is 124 Å². The average Bonchev–Trinajstić information content (AvgIpc) is 2.93. The van der Waals surface area contributed by atoms with Gasteiger partial charge in [0.05, 0.1) is 19.3 Å². The zero-order valence-corrected chi connectivity index (χ0v) is 12.3. The molecule has 0 saturated carbocycles. The van der Waals surface area contributed by atoms with Crippen LogP contribution in [-0.4, -0.2) is 11.9 Å². The quantitative estimate of drug-likeness (QED) is 0.801. The Morgan fingerprint density at radius 2 is 1.81 bits per heavy atom. The summed E-state index contributed by atoms with van der Waals surface area (Å²) in [5, 5.41) is 0. The third kappa shape index (κ3) is 2.98. The van der Waals surface area contributed by atoms with Gasteiger partial charge in [0.15, 0.2) is 5.78 Å². The maximum absolute atomic E-state index is 12.6. The molecule has 0 atom stereocenters. The number of carbonyl (C=O) groups excluding carboxylic acids is 1. The standard InChI is InChI=1S/C18H18O3/c1-12(2)21-17-5-3-4-13(9-17)18(19)14-6-7-15-10-20-11-16(15)8-14/h3-9,12H,10-11H2,1-2H3. The molecular formula is C18H18O3. The van der Waals surface area contributed by atoms with Crippen molar-refractivity contribution in [2.75, 3.05) is 0 Å². The Morgan fingerprint density at radius 3 is 2.62 bits per heavy atom. The average molecular weight is 282 g/mol. The topological polar surface area (TPSA) is 35.5 Å². The highest BCUT2D eigenvalue weighted by Crippen LogP contribution is 2.23. The summed E-state index contributed by atoms with van der Waals surface area (Å²) < 4.78 is 11.0. The minimum atomic E-state index is 0.0129. The zero-order chi connectivity index (χ0) is 14.8. The van der Waals surface area contributed by atoms with E-state index in [9.17, 15) is 4.79 Å². The Morgan fingerprint density at radius 1 is 1.05 bits per heavy atom. The summed E-state index contributed by atoms with van der Waals surface area (Å²) in [7, 11) is 0. The van der Waals surface area contributed by atoms with Crippen LogP contribution in [0, 0.1) is 0 Å². The molecule has 0 amide bonds. The maximum Gasteiger partial charge on any atom is 0.193 e. The summed E-state index contributed by atoms with van der Waals surface area (Å²) in [4.78, 5) is 12.6. The van der Waals surface area contributed by atoms with Crippen molar-refractivity contribution in [1.29, 1.82) is 0 Å². The predicted octanol–water partition coefficient (Wildman–Crippen LogP) is 3.74. The van der Waals surface area contributed by atoms with E-state index in [0.29, 0.717) is 24.3 Å². The molecule has 0 aromatic heterocycles. The molecule has 0 fully saturated rings. The van der Waals surface area contributed by atoms with Crippen LogP contribution in [0.2, 0.25) is 0 Å². The molecule has 2 aromatic rings. The minimum Gasteiger partial charge on any atom is -0.491 e. The number of hydrogen-bond acceptors (Lipinski definition) is 3. The van der Waals surface area contributed by atoms with Crippen LogP contribution in [0.4, 0.5) is 0 Å². The zero-order valence-electron chi connectivity index (χ0n) is 12.3. The SMILES string of the molecule is CC(C)Oc1cccc(C(=O)c2ccc3c(c2)COC3)c1. The van der Waals surface area contributed by atoms with Gasteiger partial charge in [-0.1, -0.05) is 24.3 Å². The molecule has 108 valence electrons. The largest absolute Gasteiger partial charge is 0.491 e. The van der Waals surface area contributed by atoms with E-state index in [0.717, 1.165) is 11.3 Å². The molecule has 0 aliphatic carbocycles. The lowest BCUT2D eigenvalue weighted by molar-refractivity contribution is 0.103. The molecule has 0 bridgehead atoms. The van der Waals surface area contributed by atoms with Gasteiger partial charge in [-0.05, 0) is 43.2 Å². The van der Waals surface area contributed by atoms with Crippen molar-refractivity contribution >= 4 is 5.78 Å². The second-order valence-corrected chi connectivity index (χ2v) is 5.50. The van der Waals surface area contributed by atoms with E-state index >= 15 is 0 Å². The van der Waals surface area contributed by atoms with Crippen molar-refractivity contribution in [2.45, 2.75) is 33.2 Å². The van der Waals surface area contributed by atoms with Crippen LogP contribution in [0.5, 0.6) is 5.75 Å². The fourth-order valence-electron chi connectivity index (χ4n) is 2.46. The van der Waals surface area contributed by atoms with Crippen molar-refractivity contribution < 1.29 is 14.3 Å². The number of rotatable bonds is 4. The second-order valence-electron chi connectivity index (χ2n) is 5.50. The van der Waals surface area contributed by atoms with Gasteiger partial charge in [-0.25, -0.2) is 0 Å². The van der Waals surface area contributed by atoms with Crippen LogP contribution >= 0.6 is 0 Å². The monoisotopic (exact) mass is 282 g/mol. The van der Waals surface area contributed by atoms with Gasteiger partial charge in [0.1, 0.15) is 5.75 Å². The fourth-order valence-corrected chi connectivity index (χ4v) is 2.46. The highest BCUT2D eigenvalue weighted by Gasteiger charge is 2.16. The number of benzene rings is 2. The molecule has 0 unspecified atom stereocenters. The van der Waals surface area contributed by atoms with E-state index in [2.05, 4.69) is 0 Å². The first kappa shape index (κ1) is 13.8. The molecule has 2 aromatic carbocycles. The van der Waals surface area contributed by atoms with E-state index in [4.69, 9.17) is 9.47 Å². The smallest absolute Gasteiger partial charge is 0.193 e. The summed E-state index contributed by atoms with van der Waals surface area (Å²) >= 11 is 0. The predicted molar refractivity (Wildman–Crippen MR) is 80.6 cm³/mol. The lowest BCUT2D eigenvalue weighted by Crippen LogP contribution is -2.07. The Bertz CT molecular complexity index is 674. The molecule has 3 heteroatoms. The summed E-state index contributed by atoms with van der Waals surface area (Å²) in [6, 6.07) is 13.1. The van der Waals surface area contributed by atoms with Crippen LogP contribution in [0.3, 0.4) is 0 Å². The van der Waals surface area contributed by atoms with Crippen molar-refractivity contribution in [3.05, 3.63) is 64.7 Å². The summed E-state index contributed by atoms with van der Waals surface area (Å²) in [6.45, 7) is 5.17. The van der Waals surface area contributed by atoms with E-state index in [1.54, 1.807) is 6.07 Å². The molecule has 1 heterocycles. The molecule has 21 heavy (non-hydrogen) atoms. The highest BCUT2D eigenvalue weighted by molar-refractivity contribution is 6.09. The van der Waals surface area contributed by atoms with Gasteiger partial charge in [-0.15, -0.1) is 0 Å². The highest BCUT2D eigenvalue weighted by atomic mass is 16.5. The minimum absolute atomic E-state index is 0.0129. The number of carbonyl (C=O) groups is 1. The van der Waals surface area contributed by atoms with Gasteiger partial charge in [-0.2, -0.15) is 0 Å². The normalized spacial score (nSPS) is 13.3. The third-order valence-corrected chi connectivity index (χ3v) is 3.45. The molecule has 0 saturated heterocycles. The molecule has 0 radical (unpaired) electrons. The molecule has 0 spiro atoms. The van der Waals surface area contributed by atoms with Crippen molar-refractivity contribution in [2.24, 2.45) is 0 Å². The molecule has 3 nitrogen and oxygen atoms in total. The molecule has 1 aliphatic rings. The van der Waals surface area contributed by atoms with Crippen molar-refractivity contribution in [1.82, 2.24) is 0 Å². The maximum atomic E-state index is 12.6. The molecule has 0 N–H and O–H groups in total. The van der Waals surface area contributed by atoms with Gasteiger partial charge in [0, 0.05) is 11.1 Å². The van der Waals surface area contributed by atoms with Crippen LogP contribution in [0.1, 0.15) is 40.9 Å². The fraction of sp³-hybridized carbons (Fsp3) is 0.278. The van der Waals surface area contributed by atoms with Crippen LogP contribution in [-0.2, 0) is 18.0 Å². The number of fused-ring (bicyclic) bond motifs is 1. The van der Waals surface area contributed by atoms with E-state index in [1.807, 2.05) is 50.2 Å². The first-order valence-electron chi connectivity index (χ1n) is 7.14. The van der Waals surface area contributed by atoms with Crippen LogP contribution in [0.25, 0.3) is 0 Å². The van der Waals surface area contributed by atoms with E-state index < -0.39 is 0 Å². The Kier molecular flexibility index (Phi) is 3.76. The van der Waals surface area contributed by atoms with Gasteiger partial charge in [0.25, 0.3) is 0 Å².